The van der Waals surface area contributed by atoms with Crippen LogP contribution in [0.1, 0.15) is 54.9 Å². The second-order valence-electron chi connectivity index (χ2n) is 9.73. The van der Waals surface area contributed by atoms with Gasteiger partial charge < -0.3 is 20.5 Å². The Labute approximate surface area is 237 Å². The zero-order valence-electron chi connectivity index (χ0n) is 22.4. The molecule has 9 nitrogen and oxygen atoms in total. The molecule has 2 aromatic carbocycles. The summed E-state index contributed by atoms with van der Waals surface area (Å²) in [5.74, 6) is -7.82. The quantitative estimate of drug-likeness (QED) is 0.208. The van der Waals surface area contributed by atoms with E-state index >= 15 is 8.78 Å². The van der Waals surface area contributed by atoms with Gasteiger partial charge in [-0.15, -0.1) is 0 Å². The number of nitrogens with one attached hydrogen (secondary N) is 1. The Hall–Kier alpha value is -4.68. The second-order valence-corrected chi connectivity index (χ2v) is 9.73. The number of halogens is 4. The smallest absolute Gasteiger partial charge is 0.329 e. The molecule has 0 radical (unpaired) electrons. The molecule has 1 aliphatic carbocycles. The summed E-state index contributed by atoms with van der Waals surface area (Å²) in [5, 5.41) is 2.47. The van der Waals surface area contributed by atoms with Crippen LogP contribution in [0.15, 0.2) is 47.3 Å². The monoisotopic (exact) mass is 589 g/mol. The molecule has 1 atom stereocenters. The van der Waals surface area contributed by atoms with Gasteiger partial charge in [0.15, 0.2) is 17.4 Å². The van der Waals surface area contributed by atoms with E-state index in [0.29, 0.717) is 10.6 Å². The van der Waals surface area contributed by atoms with Crippen LogP contribution in [-0.4, -0.2) is 41.0 Å². The molecule has 3 aromatic rings. The number of aromatic nitrogens is 1. The number of hydrogen-bond acceptors (Lipinski definition) is 7. The molecule has 3 N–H and O–H groups in total. The highest BCUT2D eigenvalue weighted by Gasteiger charge is 2.27. The molecule has 1 saturated carbocycles. The van der Waals surface area contributed by atoms with Crippen molar-refractivity contribution in [3.63, 3.8) is 0 Å². The topological polar surface area (TPSA) is 130 Å². The van der Waals surface area contributed by atoms with Crippen LogP contribution >= 0.6 is 0 Å². The molecule has 0 spiro atoms. The Bertz CT molecular complexity index is 1560. The van der Waals surface area contributed by atoms with Gasteiger partial charge in [-0.1, -0.05) is 0 Å². The molecule has 0 bridgehead atoms. The standard InChI is InChI=1S/C29H27F4N3O6/c1-15(37)35-24(29(40)42-17-4-2-3-5-17)10-11-41-18-13-22(32)26(23(33)14-18)36-25(38)9-8-20(28(36)34)27(39)19-7-6-16(30)12-21(19)31/h6-9,12-14,17,24H,2-5,10-11,34H2,1H3,(H,35,37)/t24-/m0/s1. The number of carbonyl (C=O) groups is 3. The lowest BCUT2D eigenvalue weighted by Crippen LogP contribution is -2.42. The SMILES string of the molecule is CC(=O)N[C@@H](CCOc1cc(F)c(-n2c(N)c(C(=O)c3ccc(F)cc3F)ccc2=O)c(F)c1)C(=O)OC1CCCC1. The van der Waals surface area contributed by atoms with E-state index in [1.54, 1.807) is 0 Å². The number of amides is 1. The second kappa shape index (κ2) is 12.9. The first-order valence-electron chi connectivity index (χ1n) is 13.1. The molecule has 1 heterocycles. The summed E-state index contributed by atoms with van der Waals surface area (Å²) in [6.07, 6.45) is 3.03. The van der Waals surface area contributed by atoms with Crippen LogP contribution in [0.25, 0.3) is 5.69 Å². The fraction of sp³-hybridized carbons (Fsp3) is 0.310. The van der Waals surface area contributed by atoms with Gasteiger partial charge in [0.2, 0.25) is 5.91 Å². The minimum atomic E-state index is -1.28. The lowest BCUT2D eigenvalue weighted by molar-refractivity contribution is -0.153. The van der Waals surface area contributed by atoms with Crippen molar-refractivity contribution >= 4 is 23.5 Å². The van der Waals surface area contributed by atoms with E-state index in [4.69, 9.17) is 15.2 Å². The molecule has 1 aliphatic rings. The summed E-state index contributed by atoms with van der Waals surface area (Å²) in [4.78, 5) is 49.6. The molecule has 0 saturated heterocycles. The lowest BCUT2D eigenvalue weighted by Gasteiger charge is -2.20. The average Bonchev–Trinajstić information content (AvgIpc) is 3.42. The van der Waals surface area contributed by atoms with Gasteiger partial charge >= 0.3 is 5.97 Å². The normalized spacial score (nSPS) is 13.9. The van der Waals surface area contributed by atoms with Crippen molar-refractivity contribution in [2.45, 2.75) is 51.2 Å². The number of ether oxygens (including phenoxy) is 2. The van der Waals surface area contributed by atoms with Crippen LogP contribution in [0.3, 0.4) is 0 Å². The van der Waals surface area contributed by atoms with Crippen molar-refractivity contribution in [1.29, 1.82) is 0 Å². The zero-order chi connectivity index (χ0) is 30.6. The van der Waals surface area contributed by atoms with Gasteiger partial charge in [-0.2, -0.15) is 0 Å². The maximum atomic E-state index is 15.2. The molecule has 1 fully saturated rings. The maximum Gasteiger partial charge on any atom is 0.329 e. The van der Waals surface area contributed by atoms with E-state index in [1.165, 1.54) is 6.92 Å². The molecule has 1 amide bonds. The highest BCUT2D eigenvalue weighted by atomic mass is 19.1. The zero-order valence-corrected chi connectivity index (χ0v) is 22.4. The van der Waals surface area contributed by atoms with Gasteiger partial charge in [-0.25, -0.2) is 22.4 Å². The molecule has 0 unspecified atom stereocenters. The van der Waals surface area contributed by atoms with Gasteiger partial charge in [0, 0.05) is 37.6 Å². The number of anilines is 1. The van der Waals surface area contributed by atoms with Crippen molar-refractivity contribution in [2.75, 3.05) is 12.3 Å². The summed E-state index contributed by atoms with van der Waals surface area (Å²) in [5.41, 5.74) is 3.02. The third kappa shape index (κ3) is 6.78. The van der Waals surface area contributed by atoms with Crippen molar-refractivity contribution in [2.24, 2.45) is 0 Å². The Balaban J connectivity index is 1.54. The number of hydrogen-bond donors (Lipinski definition) is 2. The predicted molar refractivity (Wildman–Crippen MR) is 142 cm³/mol. The Kier molecular flexibility index (Phi) is 9.28. The number of ketones is 1. The van der Waals surface area contributed by atoms with Gasteiger partial charge in [-0.05, 0) is 43.9 Å². The number of benzene rings is 2. The summed E-state index contributed by atoms with van der Waals surface area (Å²) in [6.45, 7) is 0.991. The van der Waals surface area contributed by atoms with Crippen LogP contribution in [-0.2, 0) is 14.3 Å². The first-order chi connectivity index (χ1) is 20.0. The van der Waals surface area contributed by atoms with Crippen molar-refractivity contribution < 1.29 is 41.4 Å². The molecule has 42 heavy (non-hydrogen) atoms. The number of nitrogen functional groups attached to an aromatic ring is 1. The predicted octanol–water partition coefficient (Wildman–Crippen LogP) is 3.97. The van der Waals surface area contributed by atoms with Gasteiger partial charge in [0.05, 0.1) is 17.7 Å². The highest BCUT2D eigenvalue weighted by Crippen LogP contribution is 2.27. The largest absolute Gasteiger partial charge is 0.493 e. The number of carbonyl (C=O) groups excluding carboxylic acids is 3. The third-order valence-electron chi connectivity index (χ3n) is 6.69. The summed E-state index contributed by atoms with van der Waals surface area (Å²) in [7, 11) is 0. The van der Waals surface area contributed by atoms with Crippen molar-refractivity contribution in [3.8, 4) is 11.4 Å². The Morgan fingerprint density at radius 1 is 0.976 bits per heavy atom. The van der Waals surface area contributed by atoms with Crippen molar-refractivity contribution in [3.05, 3.63) is 87.2 Å². The summed E-state index contributed by atoms with van der Waals surface area (Å²) < 4.78 is 69.1. The molecule has 13 heteroatoms. The molecule has 0 aliphatic heterocycles. The first kappa shape index (κ1) is 30.3. The fourth-order valence-electron chi connectivity index (χ4n) is 4.68. The maximum absolute atomic E-state index is 15.2. The van der Waals surface area contributed by atoms with E-state index in [0.717, 1.165) is 62.1 Å². The van der Waals surface area contributed by atoms with Crippen LogP contribution in [0.5, 0.6) is 5.75 Å². The third-order valence-corrected chi connectivity index (χ3v) is 6.69. The van der Waals surface area contributed by atoms with Gasteiger partial charge in [0.1, 0.15) is 41.0 Å². The molecule has 222 valence electrons. The van der Waals surface area contributed by atoms with E-state index in [-0.39, 0.29) is 24.9 Å². The highest BCUT2D eigenvalue weighted by molar-refractivity contribution is 6.11. The van der Waals surface area contributed by atoms with Gasteiger partial charge in [-0.3, -0.25) is 19.0 Å². The minimum absolute atomic E-state index is 0.0629. The van der Waals surface area contributed by atoms with Crippen LogP contribution in [0, 0.1) is 23.3 Å². The van der Waals surface area contributed by atoms with E-state index in [1.807, 2.05) is 0 Å². The minimum Gasteiger partial charge on any atom is -0.493 e. The van der Waals surface area contributed by atoms with Crippen LogP contribution in [0.4, 0.5) is 23.4 Å². The first-order valence-corrected chi connectivity index (χ1v) is 13.1. The average molecular weight is 590 g/mol. The van der Waals surface area contributed by atoms with Crippen LogP contribution in [0.2, 0.25) is 0 Å². The van der Waals surface area contributed by atoms with Crippen LogP contribution < -0.4 is 21.3 Å². The number of rotatable bonds is 10. The van der Waals surface area contributed by atoms with E-state index in [9.17, 15) is 28.0 Å². The molecule has 1 aromatic heterocycles. The molecule has 4 rings (SSSR count). The Morgan fingerprint density at radius 2 is 1.62 bits per heavy atom. The lowest BCUT2D eigenvalue weighted by atomic mass is 10.0. The number of nitrogens with two attached hydrogens (primary N) is 1. The number of esters is 1. The molecular formula is C29H27F4N3O6. The number of pyridine rings is 1. The molecular weight excluding hydrogens is 562 g/mol. The van der Waals surface area contributed by atoms with E-state index < -0.39 is 75.2 Å². The Morgan fingerprint density at radius 3 is 2.24 bits per heavy atom. The number of nitrogens with zero attached hydrogens (tertiary/aromatic N) is 1. The van der Waals surface area contributed by atoms with Gasteiger partial charge in [0.25, 0.3) is 5.56 Å². The van der Waals surface area contributed by atoms with E-state index in [2.05, 4.69) is 5.32 Å². The summed E-state index contributed by atoms with van der Waals surface area (Å²) >= 11 is 0. The van der Waals surface area contributed by atoms with Crippen molar-refractivity contribution in [1.82, 2.24) is 9.88 Å². The summed E-state index contributed by atoms with van der Waals surface area (Å²) in [6, 6.07) is 4.48. The fourth-order valence-corrected chi connectivity index (χ4v) is 4.68.